The van der Waals surface area contributed by atoms with E-state index in [0.29, 0.717) is 5.92 Å². The molecule has 2 nitrogen and oxygen atoms in total. The maximum atomic E-state index is 6.16. The largest absolute Gasteiger partial charge is 0.456 e. The number of hydrogen-bond acceptors (Lipinski definition) is 1. The monoisotopic (exact) mass is 389 g/mol. The Balaban J connectivity index is 1.66. The highest BCUT2D eigenvalue weighted by molar-refractivity contribution is 6.10. The van der Waals surface area contributed by atoms with Gasteiger partial charge in [-0.15, -0.1) is 0 Å². The predicted molar refractivity (Wildman–Crippen MR) is 127 cm³/mol. The van der Waals surface area contributed by atoms with Gasteiger partial charge in [-0.3, -0.25) is 0 Å². The number of hydrogen-bond donors (Lipinski definition) is 0. The zero-order chi connectivity index (χ0) is 20.2. The standard InChI is InChI=1S/C28H23NO/c1-3-18(2)19-12-14-27-23(16-19)24-17-20(13-15-28(24)30-27)29-25-10-6-4-8-21(25)22-9-5-7-11-26(22)29/h4-18H,3H2,1-2H3. The van der Waals surface area contributed by atoms with E-state index >= 15 is 0 Å². The molecule has 0 radical (unpaired) electrons. The van der Waals surface area contributed by atoms with E-state index in [2.05, 4.69) is 103 Å². The molecular weight excluding hydrogens is 366 g/mol. The van der Waals surface area contributed by atoms with Crippen molar-refractivity contribution in [2.45, 2.75) is 26.2 Å². The van der Waals surface area contributed by atoms with Crippen LogP contribution in [0.2, 0.25) is 0 Å². The number of aromatic nitrogens is 1. The normalized spacial score (nSPS) is 13.0. The molecule has 0 bridgehead atoms. The topological polar surface area (TPSA) is 18.1 Å². The van der Waals surface area contributed by atoms with Gasteiger partial charge < -0.3 is 8.98 Å². The first-order chi connectivity index (χ1) is 14.7. The summed E-state index contributed by atoms with van der Waals surface area (Å²) in [6, 6.07) is 30.5. The molecule has 6 rings (SSSR count). The first-order valence-electron chi connectivity index (χ1n) is 10.7. The van der Waals surface area contributed by atoms with Crippen LogP contribution in [0, 0.1) is 0 Å². The zero-order valence-corrected chi connectivity index (χ0v) is 17.2. The molecule has 0 saturated carbocycles. The van der Waals surface area contributed by atoms with Gasteiger partial charge in [0.2, 0.25) is 0 Å². The minimum Gasteiger partial charge on any atom is -0.456 e. The second-order valence-corrected chi connectivity index (χ2v) is 8.22. The summed E-state index contributed by atoms with van der Waals surface area (Å²) in [6.45, 7) is 4.52. The Morgan fingerprint density at radius 2 is 1.30 bits per heavy atom. The summed E-state index contributed by atoms with van der Waals surface area (Å²) in [5.41, 5.74) is 6.89. The van der Waals surface area contributed by atoms with Gasteiger partial charge in [-0.1, -0.05) is 56.3 Å². The SMILES string of the molecule is CCC(C)c1ccc2oc3ccc(-n4c5ccccc5c5ccccc54)cc3c2c1. The average Bonchev–Trinajstić information content (AvgIpc) is 3.33. The molecule has 0 aliphatic rings. The van der Waals surface area contributed by atoms with Gasteiger partial charge in [-0.05, 0) is 60.4 Å². The Bertz CT molecular complexity index is 1500. The summed E-state index contributed by atoms with van der Waals surface area (Å²) >= 11 is 0. The molecule has 0 amide bonds. The maximum absolute atomic E-state index is 6.16. The van der Waals surface area contributed by atoms with Crippen molar-refractivity contribution in [1.29, 1.82) is 0 Å². The van der Waals surface area contributed by atoms with E-state index < -0.39 is 0 Å². The Kier molecular flexibility index (Phi) is 3.76. The number of nitrogens with zero attached hydrogens (tertiary/aromatic N) is 1. The lowest BCUT2D eigenvalue weighted by Crippen LogP contribution is -1.93. The van der Waals surface area contributed by atoms with E-state index in [1.54, 1.807) is 0 Å². The number of para-hydroxylation sites is 2. The molecule has 0 aliphatic heterocycles. The van der Waals surface area contributed by atoms with Gasteiger partial charge in [0.05, 0.1) is 11.0 Å². The van der Waals surface area contributed by atoms with Gasteiger partial charge in [0.25, 0.3) is 0 Å². The van der Waals surface area contributed by atoms with Crippen molar-refractivity contribution in [2.24, 2.45) is 0 Å². The molecule has 2 heteroatoms. The smallest absolute Gasteiger partial charge is 0.135 e. The quantitative estimate of drug-likeness (QED) is 0.298. The Morgan fingerprint density at radius 3 is 1.97 bits per heavy atom. The molecule has 30 heavy (non-hydrogen) atoms. The van der Waals surface area contributed by atoms with E-state index in [9.17, 15) is 0 Å². The van der Waals surface area contributed by atoms with E-state index in [-0.39, 0.29) is 0 Å². The summed E-state index contributed by atoms with van der Waals surface area (Å²) in [7, 11) is 0. The molecule has 1 atom stereocenters. The van der Waals surface area contributed by atoms with Gasteiger partial charge in [-0.25, -0.2) is 0 Å². The Hall–Kier alpha value is -3.52. The molecule has 0 saturated heterocycles. The van der Waals surface area contributed by atoms with Crippen LogP contribution < -0.4 is 0 Å². The lowest BCUT2D eigenvalue weighted by Gasteiger charge is -2.09. The highest BCUT2D eigenvalue weighted by Gasteiger charge is 2.14. The third-order valence-electron chi connectivity index (χ3n) is 6.50. The van der Waals surface area contributed by atoms with Gasteiger partial charge in [-0.2, -0.15) is 0 Å². The molecule has 2 heterocycles. The third-order valence-corrected chi connectivity index (χ3v) is 6.50. The first kappa shape index (κ1) is 17.3. The third kappa shape index (κ3) is 2.43. The molecule has 4 aromatic carbocycles. The maximum Gasteiger partial charge on any atom is 0.135 e. The number of benzene rings is 4. The van der Waals surface area contributed by atoms with Gasteiger partial charge >= 0.3 is 0 Å². The van der Waals surface area contributed by atoms with Crippen LogP contribution >= 0.6 is 0 Å². The number of rotatable bonds is 3. The summed E-state index contributed by atoms with van der Waals surface area (Å²) in [5.74, 6) is 0.542. The number of fused-ring (bicyclic) bond motifs is 6. The second kappa shape index (κ2) is 6.50. The van der Waals surface area contributed by atoms with Gasteiger partial charge in [0.1, 0.15) is 11.2 Å². The fourth-order valence-electron chi connectivity index (χ4n) is 4.67. The van der Waals surface area contributed by atoms with Crippen LogP contribution in [0.5, 0.6) is 0 Å². The molecule has 1 unspecified atom stereocenters. The van der Waals surface area contributed by atoms with Crippen molar-refractivity contribution < 1.29 is 4.42 Å². The Labute approximate surface area is 175 Å². The summed E-state index contributed by atoms with van der Waals surface area (Å²) in [4.78, 5) is 0. The van der Waals surface area contributed by atoms with E-state index in [1.807, 2.05) is 0 Å². The van der Waals surface area contributed by atoms with E-state index in [0.717, 1.165) is 23.3 Å². The predicted octanol–water partition coefficient (Wildman–Crippen LogP) is 8.20. The summed E-state index contributed by atoms with van der Waals surface area (Å²) < 4.78 is 8.52. The van der Waals surface area contributed by atoms with Crippen molar-refractivity contribution in [3.63, 3.8) is 0 Å². The van der Waals surface area contributed by atoms with Crippen molar-refractivity contribution >= 4 is 43.7 Å². The molecule has 2 aromatic heterocycles. The molecular formula is C28H23NO. The fraction of sp³-hybridized carbons (Fsp3) is 0.143. The zero-order valence-electron chi connectivity index (χ0n) is 17.2. The molecule has 0 fully saturated rings. The van der Waals surface area contributed by atoms with Crippen LogP contribution in [-0.2, 0) is 0 Å². The van der Waals surface area contributed by atoms with Crippen molar-refractivity contribution in [3.05, 3.63) is 90.5 Å². The van der Waals surface area contributed by atoms with Gasteiger partial charge in [0, 0.05) is 27.2 Å². The van der Waals surface area contributed by atoms with Crippen LogP contribution in [0.4, 0.5) is 0 Å². The minimum atomic E-state index is 0.542. The molecule has 146 valence electrons. The summed E-state index contributed by atoms with van der Waals surface area (Å²) in [5, 5.41) is 4.94. The van der Waals surface area contributed by atoms with Gasteiger partial charge in [0.15, 0.2) is 0 Å². The van der Waals surface area contributed by atoms with Crippen LogP contribution in [0.1, 0.15) is 31.7 Å². The van der Waals surface area contributed by atoms with Crippen molar-refractivity contribution in [3.8, 4) is 5.69 Å². The highest BCUT2D eigenvalue weighted by atomic mass is 16.3. The Morgan fingerprint density at radius 1 is 0.700 bits per heavy atom. The van der Waals surface area contributed by atoms with Crippen LogP contribution in [0.3, 0.4) is 0 Å². The highest BCUT2D eigenvalue weighted by Crippen LogP contribution is 2.36. The van der Waals surface area contributed by atoms with Crippen LogP contribution in [0.15, 0.2) is 89.3 Å². The lowest BCUT2D eigenvalue weighted by atomic mass is 9.97. The second-order valence-electron chi connectivity index (χ2n) is 8.22. The van der Waals surface area contributed by atoms with Crippen LogP contribution in [0.25, 0.3) is 49.4 Å². The lowest BCUT2D eigenvalue weighted by molar-refractivity contribution is 0.668. The molecule has 0 N–H and O–H groups in total. The summed E-state index contributed by atoms with van der Waals surface area (Å²) in [6.07, 6.45) is 1.13. The molecule has 0 spiro atoms. The van der Waals surface area contributed by atoms with E-state index in [4.69, 9.17) is 4.42 Å². The van der Waals surface area contributed by atoms with Crippen LogP contribution in [-0.4, -0.2) is 4.57 Å². The molecule has 6 aromatic rings. The fourth-order valence-corrected chi connectivity index (χ4v) is 4.67. The number of furan rings is 1. The minimum absolute atomic E-state index is 0.542. The van der Waals surface area contributed by atoms with Crippen molar-refractivity contribution in [1.82, 2.24) is 4.57 Å². The molecule has 0 aliphatic carbocycles. The van der Waals surface area contributed by atoms with Crippen molar-refractivity contribution in [2.75, 3.05) is 0 Å². The van der Waals surface area contributed by atoms with E-state index in [1.165, 1.54) is 38.1 Å². The first-order valence-corrected chi connectivity index (χ1v) is 10.7. The average molecular weight is 389 g/mol.